The SMILES string of the molecule is CCOC(=O)C1=C(N)O[C@@]2(c3ccccc3)[C@@H]1[C@H](C(=O)c1ccccc1)C(=S)N2c1ccc(OC)cc1. The first-order valence-electron chi connectivity index (χ1n) is 11.9. The van der Waals surface area contributed by atoms with Gasteiger partial charge >= 0.3 is 5.97 Å². The molecule has 2 N–H and O–H groups in total. The number of nitrogens with zero attached hydrogens (tertiary/aromatic N) is 1. The molecule has 1 saturated heterocycles. The van der Waals surface area contributed by atoms with E-state index in [0.29, 0.717) is 27.6 Å². The third-order valence-electron chi connectivity index (χ3n) is 6.77. The molecule has 188 valence electrons. The van der Waals surface area contributed by atoms with Crippen molar-refractivity contribution in [2.45, 2.75) is 12.6 Å². The Morgan fingerprint density at radius 1 is 1.00 bits per heavy atom. The van der Waals surface area contributed by atoms with E-state index in [2.05, 4.69) is 0 Å². The van der Waals surface area contributed by atoms with Crippen LogP contribution in [0, 0.1) is 11.8 Å². The van der Waals surface area contributed by atoms with Crippen LogP contribution < -0.4 is 15.4 Å². The van der Waals surface area contributed by atoms with Crippen LogP contribution in [0.25, 0.3) is 0 Å². The van der Waals surface area contributed by atoms with E-state index in [4.69, 9.17) is 32.2 Å². The van der Waals surface area contributed by atoms with Gasteiger partial charge in [0.1, 0.15) is 11.3 Å². The highest BCUT2D eigenvalue weighted by Gasteiger charge is 2.68. The van der Waals surface area contributed by atoms with Gasteiger partial charge in [-0.2, -0.15) is 0 Å². The zero-order valence-corrected chi connectivity index (χ0v) is 21.2. The standard InChI is InChI=1S/C29H26N2O5S/c1-3-35-28(33)23-24-22(25(32)18-10-6-4-7-11-18)27(37)31(20-14-16-21(34-2)17-15-20)29(24,36-26(23)30)19-12-8-5-9-13-19/h4-17,22,24H,3,30H2,1-2H3/t22-,24-,29+/m1/s1. The lowest BCUT2D eigenvalue weighted by atomic mass is 9.77. The topological polar surface area (TPSA) is 91.1 Å². The van der Waals surface area contributed by atoms with Gasteiger partial charge in [0.2, 0.25) is 5.72 Å². The Hall–Kier alpha value is -4.17. The number of Topliss-reactive ketones (excluding diaryl/α,β-unsaturated/α-hetero) is 1. The average Bonchev–Trinajstić information content (AvgIpc) is 3.36. The highest BCUT2D eigenvalue weighted by atomic mass is 32.1. The van der Waals surface area contributed by atoms with Crippen molar-refractivity contribution >= 4 is 34.6 Å². The zero-order chi connectivity index (χ0) is 26.2. The molecule has 0 bridgehead atoms. The molecular weight excluding hydrogens is 488 g/mol. The maximum atomic E-state index is 14.1. The number of thiocarbonyl (C=S) groups is 1. The highest BCUT2D eigenvalue weighted by Crippen LogP contribution is 2.58. The molecule has 2 aliphatic rings. The fourth-order valence-corrected chi connectivity index (χ4v) is 5.72. The van der Waals surface area contributed by atoms with Crippen molar-refractivity contribution in [2.75, 3.05) is 18.6 Å². The molecule has 0 saturated carbocycles. The van der Waals surface area contributed by atoms with Crippen molar-refractivity contribution in [1.29, 1.82) is 0 Å². The van der Waals surface area contributed by atoms with E-state index in [1.54, 1.807) is 55.3 Å². The molecule has 37 heavy (non-hydrogen) atoms. The summed E-state index contributed by atoms with van der Waals surface area (Å²) in [5, 5.41) is 0. The maximum Gasteiger partial charge on any atom is 0.339 e. The van der Waals surface area contributed by atoms with Gasteiger partial charge in [0.25, 0.3) is 0 Å². The minimum absolute atomic E-state index is 0.0841. The Bertz CT molecular complexity index is 1370. The van der Waals surface area contributed by atoms with Gasteiger partial charge in [-0.25, -0.2) is 4.79 Å². The maximum absolute atomic E-state index is 14.1. The molecule has 3 aromatic rings. The number of methoxy groups -OCH3 is 1. The molecule has 0 aromatic heterocycles. The van der Waals surface area contributed by atoms with E-state index in [1.807, 2.05) is 48.5 Å². The Labute approximate surface area is 220 Å². The molecule has 0 unspecified atom stereocenters. The van der Waals surface area contributed by atoms with E-state index >= 15 is 0 Å². The van der Waals surface area contributed by atoms with E-state index in [1.165, 1.54) is 0 Å². The van der Waals surface area contributed by atoms with Gasteiger partial charge in [0.05, 0.1) is 30.5 Å². The number of esters is 1. The van der Waals surface area contributed by atoms with Crippen LogP contribution in [0.15, 0.2) is 96.4 Å². The van der Waals surface area contributed by atoms with Crippen molar-refractivity contribution in [1.82, 2.24) is 0 Å². The molecule has 0 amide bonds. The predicted octanol–water partition coefficient (Wildman–Crippen LogP) is 4.57. The van der Waals surface area contributed by atoms with Gasteiger partial charge in [0.15, 0.2) is 11.7 Å². The minimum Gasteiger partial charge on any atom is -0.497 e. The average molecular weight is 515 g/mol. The molecule has 2 aliphatic heterocycles. The van der Waals surface area contributed by atoms with Crippen LogP contribution in [0.4, 0.5) is 5.69 Å². The highest BCUT2D eigenvalue weighted by molar-refractivity contribution is 7.80. The molecule has 5 rings (SSSR count). The molecule has 2 heterocycles. The van der Waals surface area contributed by atoms with Crippen LogP contribution >= 0.6 is 12.2 Å². The number of ketones is 1. The minimum atomic E-state index is -1.38. The molecule has 8 heteroatoms. The summed E-state index contributed by atoms with van der Waals surface area (Å²) >= 11 is 6.03. The fraction of sp³-hybridized carbons (Fsp3) is 0.207. The quantitative estimate of drug-likeness (QED) is 0.279. The molecule has 0 spiro atoms. The lowest BCUT2D eigenvalue weighted by Gasteiger charge is -2.39. The smallest absolute Gasteiger partial charge is 0.339 e. The lowest BCUT2D eigenvalue weighted by Crippen LogP contribution is -2.47. The number of carbonyl (C=O) groups excluding carboxylic acids is 2. The number of benzene rings is 3. The number of nitrogens with two attached hydrogens (primary N) is 1. The number of rotatable bonds is 7. The summed E-state index contributed by atoms with van der Waals surface area (Å²) < 4.78 is 17.2. The first-order valence-corrected chi connectivity index (χ1v) is 12.3. The lowest BCUT2D eigenvalue weighted by molar-refractivity contribution is -0.139. The van der Waals surface area contributed by atoms with Crippen LogP contribution in [0.5, 0.6) is 5.75 Å². The monoisotopic (exact) mass is 514 g/mol. The third kappa shape index (κ3) is 3.84. The fourth-order valence-electron chi connectivity index (χ4n) is 5.23. The molecule has 1 fully saturated rings. The van der Waals surface area contributed by atoms with Crippen LogP contribution in [-0.4, -0.2) is 30.5 Å². The zero-order valence-electron chi connectivity index (χ0n) is 20.4. The summed E-state index contributed by atoms with van der Waals surface area (Å²) in [4.78, 5) is 29.5. The van der Waals surface area contributed by atoms with Gasteiger partial charge in [-0.3, -0.25) is 9.69 Å². The predicted molar refractivity (Wildman–Crippen MR) is 143 cm³/mol. The second-order valence-corrected chi connectivity index (χ2v) is 9.14. The molecule has 3 aromatic carbocycles. The molecular formula is C29H26N2O5S. The summed E-state index contributed by atoms with van der Waals surface area (Å²) in [6.45, 7) is 1.86. The molecule has 0 radical (unpaired) electrons. The molecule has 7 nitrogen and oxygen atoms in total. The third-order valence-corrected chi connectivity index (χ3v) is 7.21. The largest absolute Gasteiger partial charge is 0.497 e. The van der Waals surface area contributed by atoms with Crippen molar-refractivity contribution < 1.29 is 23.8 Å². The van der Waals surface area contributed by atoms with Crippen LogP contribution in [-0.2, 0) is 20.0 Å². The first-order chi connectivity index (χ1) is 17.9. The summed E-state index contributed by atoms with van der Waals surface area (Å²) in [5.41, 5.74) is 6.98. The number of anilines is 1. The Kier molecular flexibility index (Phi) is 6.43. The first kappa shape index (κ1) is 24.5. The summed E-state index contributed by atoms with van der Waals surface area (Å²) in [6.07, 6.45) is 0. The van der Waals surface area contributed by atoms with Crippen LogP contribution in [0.2, 0.25) is 0 Å². The number of hydrogen-bond acceptors (Lipinski definition) is 7. The van der Waals surface area contributed by atoms with E-state index in [9.17, 15) is 9.59 Å². The normalized spacial score (nSPS) is 22.4. The second-order valence-electron chi connectivity index (χ2n) is 8.72. The summed E-state index contributed by atoms with van der Waals surface area (Å²) in [5.74, 6) is -2.05. The van der Waals surface area contributed by atoms with Gasteiger partial charge in [0, 0.05) is 16.8 Å². The summed E-state index contributed by atoms with van der Waals surface area (Å²) in [7, 11) is 1.59. The molecule has 3 atom stereocenters. The number of carbonyl (C=O) groups is 2. The number of ether oxygens (including phenoxy) is 3. The van der Waals surface area contributed by atoms with Crippen LogP contribution in [0.3, 0.4) is 0 Å². The van der Waals surface area contributed by atoms with Crippen molar-refractivity contribution in [2.24, 2.45) is 17.6 Å². The molecule has 0 aliphatic carbocycles. The Morgan fingerprint density at radius 2 is 1.62 bits per heavy atom. The number of fused-ring (bicyclic) bond motifs is 1. The van der Waals surface area contributed by atoms with Gasteiger partial charge < -0.3 is 19.9 Å². The van der Waals surface area contributed by atoms with Gasteiger partial charge in [-0.15, -0.1) is 0 Å². The Morgan fingerprint density at radius 3 is 2.22 bits per heavy atom. The van der Waals surface area contributed by atoms with E-state index in [-0.39, 0.29) is 23.8 Å². The van der Waals surface area contributed by atoms with Crippen molar-refractivity contribution in [3.63, 3.8) is 0 Å². The van der Waals surface area contributed by atoms with E-state index < -0.39 is 23.5 Å². The van der Waals surface area contributed by atoms with Gasteiger partial charge in [-0.05, 0) is 31.2 Å². The van der Waals surface area contributed by atoms with Gasteiger partial charge in [-0.1, -0.05) is 72.9 Å². The second kappa shape index (κ2) is 9.71. The number of hydrogen-bond donors (Lipinski definition) is 1. The Balaban J connectivity index is 1.77. The van der Waals surface area contributed by atoms with Crippen LogP contribution in [0.1, 0.15) is 22.8 Å². The van der Waals surface area contributed by atoms with Crippen molar-refractivity contribution in [3.8, 4) is 5.75 Å². The summed E-state index contributed by atoms with van der Waals surface area (Å²) in [6, 6.07) is 25.5. The van der Waals surface area contributed by atoms with E-state index in [0.717, 1.165) is 0 Å². The van der Waals surface area contributed by atoms with Crippen molar-refractivity contribution in [3.05, 3.63) is 108 Å².